The molecule has 1 aliphatic heterocycles. The monoisotopic (exact) mass is 318 g/mol. The number of rotatable bonds is 5. The van der Waals surface area contributed by atoms with E-state index in [1.807, 2.05) is 0 Å². The highest BCUT2D eigenvalue weighted by Gasteiger charge is 2.38. The summed E-state index contributed by atoms with van der Waals surface area (Å²) in [4.78, 5) is 2.39. The van der Waals surface area contributed by atoms with E-state index in [0.29, 0.717) is 18.5 Å². The van der Waals surface area contributed by atoms with Crippen LogP contribution in [0.5, 0.6) is 0 Å². The van der Waals surface area contributed by atoms with E-state index in [-0.39, 0.29) is 11.3 Å². The largest absolute Gasteiger partial charge is 0.311 e. The van der Waals surface area contributed by atoms with Crippen LogP contribution < -0.4 is 5.32 Å². The van der Waals surface area contributed by atoms with Crippen LogP contribution in [-0.4, -0.2) is 55.0 Å². The highest BCUT2D eigenvalue weighted by atomic mass is 32.2. The van der Waals surface area contributed by atoms with Crippen molar-refractivity contribution in [3.05, 3.63) is 0 Å². The Hall–Kier alpha value is -0.130. The topological polar surface area (TPSA) is 49.4 Å². The Morgan fingerprint density at radius 3 is 2.33 bits per heavy atom. The molecule has 1 rings (SSSR count). The van der Waals surface area contributed by atoms with E-state index in [9.17, 15) is 8.42 Å². The van der Waals surface area contributed by atoms with Crippen molar-refractivity contribution in [3.63, 3.8) is 0 Å². The molecule has 0 aromatic rings. The zero-order valence-corrected chi connectivity index (χ0v) is 15.7. The molecule has 0 aliphatic carbocycles. The summed E-state index contributed by atoms with van der Waals surface area (Å²) in [6.07, 6.45) is 1.03. The second kappa shape index (κ2) is 6.55. The molecule has 0 aromatic carbocycles. The Labute approximate surface area is 131 Å². The third-order valence-electron chi connectivity index (χ3n) is 5.05. The van der Waals surface area contributed by atoms with Gasteiger partial charge in [0.05, 0.1) is 10.5 Å². The van der Waals surface area contributed by atoms with Crippen molar-refractivity contribution in [2.45, 2.75) is 71.2 Å². The van der Waals surface area contributed by atoms with Gasteiger partial charge in [-0.05, 0) is 40.0 Å². The second-order valence-electron chi connectivity index (χ2n) is 7.96. The van der Waals surface area contributed by atoms with Gasteiger partial charge in [-0.3, -0.25) is 4.90 Å². The minimum atomic E-state index is -3.06. The molecule has 1 heterocycles. The maximum atomic E-state index is 12.4. The van der Waals surface area contributed by atoms with Crippen LogP contribution in [0.2, 0.25) is 0 Å². The first-order valence-electron chi connectivity index (χ1n) is 8.13. The number of piperazine rings is 1. The molecule has 0 aromatic heterocycles. The van der Waals surface area contributed by atoms with E-state index >= 15 is 0 Å². The lowest BCUT2D eigenvalue weighted by Crippen LogP contribution is -2.64. The van der Waals surface area contributed by atoms with Crippen LogP contribution in [0.4, 0.5) is 0 Å². The van der Waals surface area contributed by atoms with Crippen LogP contribution in [0, 0.1) is 5.92 Å². The standard InChI is InChI=1S/C16H34N2O2S/c1-8-16(7)12-17-14(13(2)3)11-18(16)9-10-21(19,20)15(4,5)6/h13-14,17H,8-12H2,1-7H3. The van der Waals surface area contributed by atoms with Crippen LogP contribution in [0.25, 0.3) is 0 Å². The predicted octanol–water partition coefficient (Wildman–Crippen LogP) is 2.30. The minimum absolute atomic E-state index is 0.0544. The van der Waals surface area contributed by atoms with Crippen molar-refractivity contribution in [2.75, 3.05) is 25.4 Å². The fraction of sp³-hybridized carbons (Fsp3) is 1.00. The molecule has 0 radical (unpaired) electrons. The third-order valence-corrected chi connectivity index (χ3v) is 7.64. The van der Waals surface area contributed by atoms with Crippen molar-refractivity contribution in [1.82, 2.24) is 10.2 Å². The summed E-state index contributed by atoms with van der Waals surface area (Å²) in [6.45, 7) is 16.7. The summed E-state index contributed by atoms with van der Waals surface area (Å²) >= 11 is 0. The van der Waals surface area contributed by atoms with Gasteiger partial charge in [-0.15, -0.1) is 0 Å². The summed E-state index contributed by atoms with van der Waals surface area (Å²) in [6, 6.07) is 0.446. The SMILES string of the molecule is CCC1(C)CNC(C(C)C)CN1CCS(=O)(=O)C(C)(C)C. The van der Waals surface area contributed by atoms with Crippen LogP contribution in [0.1, 0.15) is 54.9 Å². The summed E-state index contributed by atoms with van der Waals surface area (Å²) in [5.74, 6) is 0.810. The Bertz CT molecular complexity index is 440. The third kappa shape index (κ3) is 4.42. The number of hydrogen-bond acceptors (Lipinski definition) is 4. The quantitative estimate of drug-likeness (QED) is 0.845. The minimum Gasteiger partial charge on any atom is -0.311 e. The van der Waals surface area contributed by atoms with E-state index in [4.69, 9.17) is 0 Å². The molecule has 1 aliphatic rings. The van der Waals surface area contributed by atoms with Gasteiger partial charge >= 0.3 is 0 Å². The Balaban J connectivity index is 2.81. The summed E-state index contributed by atoms with van der Waals surface area (Å²) in [5.41, 5.74) is 0.0544. The Kier molecular flexibility index (Phi) is 5.90. The number of sulfone groups is 1. The molecule has 1 saturated heterocycles. The molecular formula is C16H34N2O2S. The number of hydrogen-bond donors (Lipinski definition) is 1. The molecule has 4 nitrogen and oxygen atoms in total. The number of nitrogens with zero attached hydrogens (tertiary/aromatic N) is 1. The molecule has 2 unspecified atom stereocenters. The maximum absolute atomic E-state index is 12.4. The van der Waals surface area contributed by atoms with E-state index < -0.39 is 14.6 Å². The molecular weight excluding hydrogens is 284 g/mol. The van der Waals surface area contributed by atoms with E-state index in [0.717, 1.165) is 19.5 Å². The van der Waals surface area contributed by atoms with Gasteiger partial charge in [0.15, 0.2) is 9.84 Å². The lowest BCUT2D eigenvalue weighted by Gasteiger charge is -2.49. The molecule has 21 heavy (non-hydrogen) atoms. The van der Waals surface area contributed by atoms with Crippen LogP contribution in [0.3, 0.4) is 0 Å². The average Bonchev–Trinajstić information content (AvgIpc) is 2.36. The summed E-state index contributed by atoms with van der Waals surface area (Å²) in [5, 5.41) is 3.63. The first-order valence-corrected chi connectivity index (χ1v) is 9.79. The van der Waals surface area contributed by atoms with E-state index in [1.54, 1.807) is 20.8 Å². The van der Waals surface area contributed by atoms with E-state index in [2.05, 4.69) is 37.9 Å². The molecule has 0 saturated carbocycles. The molecule has 0 bridgehead atoms. The normalized spacial score (nSPS) is 29.0. The second-order valence-corrected chi connectivity index (χ2v) is 10.8. The zero-order chi connectivity index (χ0) is 16.5. The van der Waals surface area contributed by atoms with Crippen LogP contribution in [-0.2, 0) is 9.84 Å². The van der Waals surface area contributed by atoms with Crippen molar-refractivity contribution in [2.24, 2.45) is 5.92 Å². The number of nitrogens with one attached hydrogen (secondary N) is 1. The fourth-order valence-corrected chi connectivity index (χ4v) is 3.75. The van der Waals surface area contributed by atoms with Crippen LogP contribution >= 0.6 is 0 Å². The molecule has 1 fully saturated rings. The van der Waals surface area contributed by atoms with Gasteiger partial charge in [0.2, 0.25) is 0 Å². The predicted molar refractivity (Wildman–Crippen MR) is 90.4 cm³/mol. The van der Waals surface area contributed by atoms with Gasteiger partial charge < -0.3 is 5.32 Å². The molecule has 0 spiro atoms. The molecule has 126 valence electrons. The molecule has 1 N–H and O–H groups in total. The zero-order valence-electron chi connectivity index (χ0n) is 14.9. The van der Waals surface area contributed by atoms with Gasteiger partial charge in [-0.2, -0.15) is 0 Å². The summed E-state index contributed by atoms with van der Waals surface area (Å²) in [7, 11) is -3.06. The van der Waals surface area contributed by atoms with Gasteiger partial charge in [0, 0.05) is 31.2 Å². The molecule has 5 heteroatoms. The van der Waals surface area contributed by atoms with Crippen molar-refractivity contribution in [1.29, 1.82) is 0 Å². The van der Waals surface area contributed by atoms with Crippen molar-refractivity contribution in [3.8, 4) is 0 Å². The van der Waals surface area contributed by atoms with Gasteiger partial charge in [-0.25, -0.2) is 8.42 Å². The smallest absolute Gasteiger partial charge is 0.156 e. The van der Waals surface area contributed by atoms with Gasteiger partial charge in [0.1, 0.15) is 0 Å². The molecule has 2 atom stereocenters. The molecule has 0 amide bonds. The average molecular weight is 319 g/mol. The highest BCUT2D eigenvalue weighted by Crippen LogP contribution is 2.25. The fourth-order valence-electron chi connectivity index (χ4n) is 2.68. The van der Waals surface area contributed by atoms with Crippen molar-refractivity contribution < 1.29 is 8.42 Å². The lowest BCUT2D eigenvalue weighted by atomic mass is 9.89. The van der Waals surface area contributed by atoms with Gasteiger partial charge in [-0.1, -0.05) is 20.8 Å². The first kappa shape index (κ1) is 18.9. The van der Waals surface area contributed by atoms with E-state index in [1.165, 1.54) is 0 Å². The van der Waals surface area contributed by atoms with Gasteiger partial charge in [0.25, 0.3) is 0 Å². The van der Waals surface area contributed by atoms with Crippen molar-refractivity contribution >= 4 is 9.84 Å². The maximum Gasteiger partial charge on any atom is 0.156 e. The Morgan fingerprint density at radius 1 is 1.33 bits per heavy atom. The van der Waals surface area contributed by atoms with Crippen LogP contribution in [0.15, 0.2) is 0 Å². The highest BCUT2D eigenvalue weighted by molar-refractivity contribution is 7.92. The lowest BCUT2D eigenvalue weighted by molar-refractivity contribution is 0.0442. The Morgan fingerprint density at radius 2 is 1.90 bits per heavy atom. The summed E-state index contributed by atoms with van der Waals surface area (Å²) < 4.78 is 24.1. The first-order chi connectivity index (χ1) is 9.43.